The highest BCUT2D eigenvalue weighted by molar-refractivity contribution is 5.95. The molecule has 4 N–H and O–H groups in total. The third kappa shape index (κ3) is 2.74. The minimum Gasteiger partial charge on any atom is -0.478 e. The standard InChI is InChI=1S/C14H9F2N3O2/c15-9-2-1-3-12(8(9)6-17)19-13-4-7(14(20)21)11(18)5-10(13)16/h1-5,19H,18H2,(H,20,21). The molecule has 0 radical (unpaired) electrons. The van der Waals surface area contributed by atoms with Crippen LogP contribution in [0.3, 0.4) is 0 Å². The van der Waals surface area contributed by atoms with Gasteiger partial charge in [0.2, 0.25) is 0 Å². The number of nitrogens with zero attached hydrogens (tertiary/aromatic N) is 1. The van der Waals surface area contributed by atoms with E-state index in [9.17, 15) is 13.6 Å². The van der Waals surface area contributed by atoms with Gasteiger partial charge in [0, 0.05) is 5.69 Å². The van der Waals surface area contributed by atoms with Gasteiger partial charge >= 0.3 is 5.97 Å². The Bertz CT molecular complexity index is 770. The molecular formula is C14H9F2N3O2. The largest absolute Gasteiger partial charge is 0.478 e. The van der Waals surface area contributed by atoms with Crippen molar-refractivity contribution in [1.29, 1.82) is 5.26 Å². The Morgan fingerprint density at radius 3 is 2.57 bits per heavy atom. The van der Waals surface area contributed by atoms with E-state index in [1.807, 2.05) is 0 Å². The average Bonchev–Trinajstić information content (AvgIpc) is 2.41. The van der Waals surface area contributed by atoms with Crippen LogP contribution in [0.2, 0.25) is 0 Å². The second kappa shape index (κ2) is 5.46. The number of rotatable bonds is 3. The number of nitrogens with one attached hydrogen (secondary N) is 1. The molecule has 2 rings (SSSR count). The Morgan fingerprint density at radius 2 is 1.95 bits per heavy atom. The van der Waals surface area contributed by atoms with Crippen LogP contribution in [0.25, 0.3) is 0 Å². The molecule has 5 nitrogen and oxygen atoms in total. The second-order valence-corrected chi connectivity index (χ2v) is 4.12. The zero-order valence-corrected chi connectivity index (χ0v) is 10.5. The minimum atomic E-state index is -1.32. The SMILES string of the molecule is N#Cc1c(F)cccc1Nc1cc(C(=O)O)c(N)cc1F. The van der Waals surface area contributed by atoms with Gasteiger partial charge in [0.1, 0.15) is 23.3 Å². The third-order valence-corrected chi connectivity index (χ3v) is 2.76. The fraction of sp³-hybridized carbons (Fsp3) is 0. The number of nitrogen functional groups attached to an aromatic ring is 1. The van der Waals surface area contributed by atoms with Gasteiger partial charge in [0.15, 0.2) is 0 Å². The summed E-state index contributed by atoms with van der Waals surface area (Å²) in [6.07, 6.45) is 0. The molecule has 0 heterocycles. The Labute approximate surface area is 118 Å². The van der Waals surface area contributed by atoms with Crippen molar-refractivity contribution in [3.63, 3.8) is 0 Å². The van der Waals surface area contributed by atoms with E-state index < -0.39 is 17.6 Å². The smallest absolute Gasteiger partial charge is 0.337 e. The van der Waals surface area contributed by atoms with E-state index in [-0.39, 0.29) is 28.2 Å². The maximum absolute atomic E-state index is 13.8. The zero-order valence-electron chi connectivity index (χ0n) is 10.5. The molecule has 0 aromatic heterocycles. The molecule has 0 aliphatic heterocycles. The molecule has 106 valence electrons. The Balaban J connectivity index is 2.50. The van der Waals surface area contributed by atoms with Crippen molar-refractivity contribution >= 4 is 23.0 Å². The van der Waals surface area contributed by atoms with Crippen molar-refractivity contribution in [1.82, 2.24) is 0 Å². The number of carboxylic acids is 1. The van der Waals surface area contributed by atoms with Gasteiger partial charge in [-0.2, -0.15) is 5.26 Å². The molecule has 2 aromatic rings. The van der Waals surface area contributed by atoms with Crippen molar-refractivity contribution in [3.05, 3.63) is 53.1 Å². The summed E-state index contributed by atoms with van der Waals surface area (Å²) in [4.78, 5) is 11.0. The maximum Gasteiger partial charge on any atom is 0.337 e. The number of carboxylic acid groups (broad SMARTS) is 1. The highest BCUT2D eigenvalue weighted by Crippen LogP contribution is 2.27. The van der Waals surface area contributed by atoms with E-state index in [1.165, 1.54) is 12.1 Å². The summed E-state index contributed by atoms with van der Waals surface area (Å²) in [5, 5.41) is 20.3. The molecule has 0 aliphatic rings. The van der Waals surface area contributed by atoms with E-state index in [2.05, 4.69) is 5.32 Å². The molecule has 0 amide bonds. The fourth-order valence-electron chi connectivity index (χ4n) is 1.76. The number of hydrogen-bond donors (Lipinski definition) is 3. The molecule has 0 unspecified atom stereocenters. The van der Waals surface area contributed by atoms with E-state index in [4.69, 9.17) is 16.1 Å². The van der Waals surface area contributed by atoms with Gasteiger partial charge in [0.05, 0.1) is 16.9 Å². The summed E-state index contributed by atoms with van der Waals surface area (Å²) in [6.45, 7) is 0. The highest BCUT2D eigenvalue weighted by Gasteiger charge is 2.15. The first-order chi connectivity index (χ1) is 9.93. The molecule has 0 fully saturated rings. The van der Waals surface area contributed by atoms with Crippen LogP contribution in [-0.4, -0.2) is 11.1 Å². The van der Waals surface area contributed by atoms with Gasteiger partial charge in [-0.3, -0.25) is 0 Å². The first-order valence-electron chi connectivity index (χ1n) is 5.72. The van der Waals surface area contributed by atoms with Crippen LogP contribution >= 0.6 is 0 Å². The molecule has 0 saturated heterocycles. The fourth-order valence-corrected chi connectivity index (χ4v) is 1.76. The van der Waals surface area contributed by atoms with Gasteiger partial charge in [-0.05, 0) is 24.3 Å². The number of nitriles is 1. The normalized spacial score (nSPS) is 9.95. The van der Waals surface area contributed by atoms with Gasteiger partial charge in [-0.25, -0.2) is 13.6 Å². The predicted molar refractivity (Wildman–Crippen MR) is 72.2 cm³/mol. The summed E-state index contributed by atoms with van der Waals surface area (Å²) >= 11 is 0. The van der Waals surface area contributed by atoms with E-state index in [0.29, 0.717) is 0 Å². The molecule has 0 saturated carbocycles. The van der Waals surface area contributed by atoms with Crippen LogP contribution in [0.5, 0.6) is 0 Å². The van der Waals surface area contributed by atoms with Gasteiger partial charge < -0.3 is 16.2 Å². The van der Waals surface area contributed by atoms with E-state index in [0.717, 1.165) is 18.2 Å². The number of hydrogen-bond acceptors (Lipinski definition) is 4. The lowest BCUT2D eigenvalue weighted by atomic mass is 10.1. The van der Waals surface area contributed by atoms with Crippen LogP contribution < -0.4 is 11.1 Å². The number of carbonyl (C=O) groups is 1. The molecule has 0 atom stereocenters. The van der Waals surface area contributed by atoms with Crippen LogP contribution in [0, 0.1) is 23.0 Å². The van der Waals surface area contributed by atoms with Crippen molar-refractivity contribution in [2.45, 2.75) is 0 Å². The Kier molecular flexibility index (Phi) is 3.71. The second-order valence-electron chi connectivity index (χ2n) is 4.12. The summed E-state index contributed by atoms with van der Waals surface area (Å²) in [6, 6.07) is 7.28. The first-order valence-corrected chi connectivity index (χ1v) is 5.72. The van der Waals surface area contributed by atoms with Crippen molar-refractivity contribution in [2.24, 2.45) is 0 Å². The maximum atomic E-state index is 13.8. The highest BCUT2D eigenvalue weighted by atomic mass is 19.1. The molecule has 0 spiro atoms. The van der Waals surface area contributed by atoms with Gasteiger partial charge in [-0.1, -0.05) is 6.07 Å². The topological polar surface area (TPSA) is 99.1 Å². The summed E-state index contributed by atoms with van der Waals surface area (Å²) in [7, 11) is 0. The number of nitrogens with two attached hydrogens (primary N) is 1. The van der Waals surface area contributed by atoms with Crippen molar-refractivity contribution in [2.75, 3.05) is 11.1 Å². The zero-order chi connectivity index (χ0) is 15.6. The van der Waals surface area contributed by atoms with Crippen LogP contribution in [-0.2, 0) is 0 Å². The van der Waals surface area contributed by atoms with E-state index in [1.54, 1.807) is 6.07 Å². The molecule has 21 heavy (non-hydrogen) atoms. The molecule has 2 aromatic carbocycles. The third-order valence-electron chi connectivity index (χ3n) is 2.76. The van der Waals surface area contributed by atoms with Crippen molar-refractivity contribution < 1.29 is 18.7 Å². The molecule has 7 heteroatoms. The Hall–Kier alpha value is -3.14. The van der Waals surface area contributed by atoms with Crippen LogP contribution in [0.1, 0.15) is 15.9 Å². The monoisotopic (exact) mass is 289 g/mol. The summed E-state index contributed by atoms with van der Waals surface area (Å²) < 4.78 is 27.3. The lowest BCUT2D eigenvalue weighted by molar-refractivity contribution is 0.0698. The van der Waals surface area contributed by atoms with Crippen LogP contribution in [0.15, 0.2) is 30.3 Å². The Morgan fingerprint density at radius 1 is 1.24 bits per heavy atom. The summed E-state index contributed by atoms with van der Waals surface area (Å²) in [5.74, 6) is -2.90. The predicted octanol–water partition coefficient (Wildman–Crippen LogP) is 2.86. The lowest BCUT2D eigenvalue weighted by Gasteiger charge is -2.11. The number of halogens is 2. The molecule has 0 bridgehead atoms. The number of benzene rings is 2. The van der Waals surface area contributed by atoms with Crippen molar-refractivity contribution in [3.8, 4) is 6.07 Å². The number of anilines is 3. The average molecular weight is 289 g/mol. The van der Waals surface area contributed by atoms with Crippen LogP contribution in [0.4, 0.5) is 25.8 Å². The minimum absolute atomic E-state index is 0.0255. The molecular weight excluding hydrogens is 280 g/mol. The van der Waals surface area contributed by atoms with Gasteiger partial charge in [-0.15, -0.1) is 0 Å². The lowest BCUT2D eigenvalue weighted by Crippen LogP contribution is -2.06. The summed E-state index contributed by atoms with van der Waals surface area (Å²) in [5.41, 5.74) is 4.38. The molecule has 0 aliphatic carbocycles. The quantitative estimate of drug-likeness (QED) is 0.754. The van der Waals surface area contributed by atoms with Gasteiger partial charge in [0.25, 0.3) is 0 Å². The first kappa shape index (κ1) is 14.3. The van der Waals surface area contributed by atoms with E-state index >= 15 is 0 Å². The number of aromatic carboxylic acids is 1.